The fraction of sp³-hybridized carbons (Fsp3) is 0.0435. The summed E-state index contributed by atoms with van der Waals surface area (Å²) in [5.41, 5.74) is 3.03. The third-order valence-electron chi connectivity index (χ3n) is 4.06. The number of anilines is 1. The molecule has 6 heteroatoms. The summed E-state index contributed by atoms with van der Waals surface area (Å²) in [5, 5.41) is 5.56. The Morgan fingerprint density at radius 1 is 0.862 bits per heavy atom. The number of amides is 2. The van der Waals surface area contributed by atoms with E-state index in [0.29, 0.717) is 11.3 Å². The van der Waals surface area contributed by atoms with E-state index < -0.39 is 5.91 Å². The molecule has 0 saturated carbocycles. The van der Waals surface area contributed by atoms with E-state index in [2.05, 4.69) is 42.5 Å². The Hall–Kier alpha value is -2.70. The lowest BCUT2D eigenvalue weighted by atomic mass is 10.1. The van der Waals surface area contributed by atoms with Gasteiger partial charge in [-0.1, -0.05) is 61.7 Å². The van der Waals surface area contributed by atoms with E-state index in [9.17, 15) is 9.59 Å². The van der Waals surface area contributed by atoms with E-state index in [4.69, 9.17) is 0 Å². The monoisotopic (exact) mass is 512 g/mol. The maximum Gasteiger partial charge on any atom is 0.272 e. The normalized spacial score (nSPS) is 11.1. The summed E-state index contributed by atoms with van der Waals surface area (Å²) < 4.78 is 1.84. The number of hydrogen-bond donors (Lipinski definition) is 2. The van der Waals surface area contributed by atoms with Crippen molar-refractivity contribution in [3.63, 3.8) is 0 Å². The molecule has 3 aromatic rings. The Bertz CT molecular complexity index is 1060. The van der Waals surface area contributed by atoms with Crippen LogP contribution in [-0.4, -0.2) is 11.8 Å². The Morgan fingerprint density at radius 3 is 2.10 bits per heavy atom. The average molecular weight is 514 g/mol. The quantitative estimate of drug-likeness (QED) is 0.415. The van der Waals surface area contributed by atoms with Crippen LogP contribution in [0, 0.1) is 6.92 Å². The van der Waals surface area contributed by atoms with Gasteiger partial charge in [0.25, 0.3) is 11.8 Å². The molecular weight excluding hydrogens is 496 g/mol. The van der Waals surface area contributed by atoms with E-state index in [1.54, 1.807) is 30.3 Å². The van der Waals surface area contributed by atoms with Crippen LogP contribution in [0.15, 0.2) is 87.4 Å². The largest absolute Gasteiger partial charge is 0.321 e. The maximum atomic E-state index is 12.9. The third kappa shape index (κ3) is 6.14. The molecule has 0 aliphatic rings. The number of halogens is 2. The van der Waals surface area contributed by atoms with Gasteiger partial charge in [-0.3, -0.25) is 9.59 Å². The van der Waals surface area contributed by atoms with Crippen LogP contribution >= 0.6 is 31.9 Å². The Balaban J connectivity index is 1.88. The first-order valence-electron chi connectivity index (χ1n) is 8.83. The molecule has 29 heavy (non-hydrogen) atoms. The first-order chi connectivity index (χ1) is 13.9. The molecule has 0 spiro atoms. The van der Waals surface area contributed by atoms with Crippen molar-refractivity contribution in [2.75, 3.05) is 5.32 Å². The minimum absolute atomic E-state index is 0.154. The number of carbonyl (C=O) groups is 2. The second-order valence-electron chi connectivity index (χ2n) is 6.39. The minimum atomic E-state index is -0.406. The van der Waals surface area contributed by atoms with Gasteiger partial charge in [0.2, 0.25) is 0 Å². The van der Waals surface area contributed by atoms with Crippen molar-refractivity contribution in [2.45, 2.75) is 6.92 Å². The summed E-state index contributed by atoms with van der Waals surface area (Å²) >= 11 is 6.76. The molecule has 0 radical (unpaired) electrons. The van der Waals surface area contributed by atoms with Crippen molar-refractivity contribution in [2.24, 2.45) is 0 Å². The van der Waals surface area contributed by atoms with Gasteiger partial charge in [0.05, 0.1) is 0 Å². The van der Waals surface area contributed by atoms with E-state index in [-0.39, 0.29) is 11.6 Å². The van der Waals surface area contributed by atoms with Gasteiger partial charge >= 0.3 is 0 Å². The van der Waals surface area contributed by atoms with Crippen LogP contribution in [0.25, 0.3) is 6.08 Å². The van der Waals surface area contributed by atoms with E-state index in [0.717, 1.165) is 20.1 Å². The molecule has 0 unspecified atom stereocenters. The molecule has 0 bridgehead atoms. The van der Waals surface area contributed by atoms with Crippen molar-refractivity contribution >= 4 is 55.4 Å². The number of benzene rings is 3. The molecular formula is C23H18Br2N2O2. The van der Waals surface area contributed by atoms with Crippen molar-refractivity contribution in [3.05, 3.63) is 104 Å². The zero-order valence-electron chi connectivity index (χ0n) is 15.6. The number of aryl methyl sites for hydroxylation is 1. The van der Waals surface area contributed by atoms with Crippen LogP contribution < -0.4 is 10.6 Å². The molecule has 0 atom stereocenters. The van der Waals surface area contributed by atoms with Crippen molar-refractivity contribution < 1.29 is 9.59 Å². The average Bonchev–Trinajstić information content (AvgIpc) is 2.70. The standard InChI is InChI=1S/C23H18Br2N2O2/c1-15-3-2-4-17(13-15)22(28)27-21(14-16-5-7-18(24)8-6-16)23(29)26-20-11-9-19(25)10-12-20/h2-14H,1H3,(H,26,29)(H,27,28)/b21-14+. The fourth-order valence-corrected chi connectivity index (χ4v) is 3.13. The molecule has 0 aromatic heterocycles. The highest BCUT2D eigenvalue weighted by Gasteiger charge is 2.15. The molecule has 0 aliphatic carbocycles. The first-order valence-corrected chi connectivity index (χ1v) is 10.4. The summed E-state index contributed by atoms with van der Waals surface area (Å²) in [5.74, 6) is -0.751. The lowest BCUT2D eigenvalue weighted by Crippen LogP contribution is -2.30. The van der Waals surface area contributed by atoms with Crippen LogP contribution in [0.5, 0.6) is 0 Å². The second kappa shape index (κ2) is 9.67. The van der Waals surface area contributed by atoms with Crippen LogP contribution in [0.1, 0.15) is 21.5 Å². The van der Waals surface area contributed by atoms with Crippen LogP contribution in [-0.2, 0) is 4.79 Å². The lowest BCUT2D eigenvalue weighted by Gasteiger charge is -2.12. The lowest BCUT2D eigenvalue weighted by molar-refractivity contribution is -0.113. The van der Waals surface area contributed by atoms with E-state index in [1.165, 1.54) is 0 Å². The van der Waals surface area contributed by atoms with E-state index in [1.807, 2.05) is 55.5 Å². The second-order valence-corrected chi connectivity index (χ2v) is 8.23. The molecule has 0 saturated heterocycles. The van der Waals surface area contributed by atoms with Gasteiger partial charge in [0, 0.05) is 20.2 Å². The third-order valence-corrected chi connectivity index (χ3v) is 5.11. The fourth-order valence-electron chi connectivity index (χ4n) is 2.60. The first kappa shape index (κ1) is 21.0. The van der Waals surface area contributed by atoms with Crippen molar-refractivity contribution in [3.8, 4) is 0 Å². The smallest absolute Gasteiger partial charge is 0.272 e. The Labute approximate surface area is 186 Å². The SMILES string of the molecule is Cc1cccc(C(=O)N/C(=C/c2ccc(Br)cc2)C(=O)Nc2ccc(Br)cc2)c1. The van der Waals surface area contributed by atoms with E-state index >= 15 is 0 Å². The summed E-state index contributed by atoms with van der Waals surface area (Å²) in [6.45, 7) is 1.91. The molecule has 0 aliphatic heterocycles. The van der Waals surface area contributed by atoms with Crippen molar-refractivity contribution in [1.29, 1.82) is 0 Å². The molecule has 2 amide bonds. The predicted octanol–water partition coefficient (Wildman–Crippen LogP) is 5.93. The highest BCUT2D eigenvalue weighted by atomic mass is 79.9. The molecule has 3 aromatic carbocycles. The van der Waals surface area contributed by atoms with Gasteiger partial charge in [0.1, 0.15) is 5.70 Å². The molecule has 0 heterocycles. The number of nitrogens with one attached hydrogen (secondary N) is 2. The highest BCUT2D eigenvalue weighted by Crippen LogP contribution is 2.17. The summed E-state index contributed by atoms with van der Waals surface area (Å²) in [7, 11) is 0. The minimum Gasteiger partial charge on any atom is -0.321 e. The van der Waals surface area contributed by atoms with Gasteiger partial charge in [0.15, 0.2) is 0 Å². The van der Waals surface area contributed by atoms with Crippen LogP contribution in [0.2, 0.25) is 0 Å². The maximum absolute atomic E-state index is 12.9. The predicted molar refractivity (Wildman–Crippen MR) is 124 cm³/mol. The molecule has 4 nitrogen and oxygen atoms in total. The number of hydrogen-bond acceptors (Lipinski definition) is 2. The summed E-state index contributed by atoms with van der Waals surface area (Å²) in [4.78, 5) is 25.6. The topological polar surface area (TPSA) is 58.2 Å². The van der Waals surface area contributed by atoms with Gasteiger partial charge in [-0.05, 0) is 67.1 Å². The number of rotatable bonds is 5. The van der Waals surface area contributed by atoms with Gasteiger partial charge in [-0.2, -0.15) is 0 Å². The molecule has 146 valence electrons. The Kier molecular flexibility index (Phi) is 7.01. The van der Waals surface area contributed by atoms with Crippen molar-refractivity contribution in [1.82, 2.24) is 5.32 Å². The zero-order chi connectivity index (χ0) is 20.8. The number of carbonyl (C=O) groups excluding carboxylic acids is 2. The molecule has 0 fully saturated rings. The summed E-state index contributed by atoms with van der Waals surface area (Å²) in [6, 6.07) is 21.9. The van der Waals surface area contributed by atoms with Gasteiger partial charge < -0.3 is 10.6 Å². The van der Waals surface area contributed by atoms with Crippen LogP contribution in [0.3, 0.4) is 0 Å². The molecule has 2 N–H and O–H groups in total. The highest BCUT2D eigenvalue weighted by molar-refractivity contribution is 9.10. The molecule has 3 rings (SSSR count). The summed E-state index contributed by atoms with van der Waals surface area (Å²) in [6.07, 6.45) is 1.65. The van der Waals surface area contributed by atoms with Crippen LogP contribution in [0.4, 0.5) is 5.69 Å². The Morgan fingerprint density at radius 2 is 1.48 bits per heavy atom. The van der Waals surface area contributed by atoms with Gasteiger partial charge in [-0.25, -0.2) is 0 Å². The van der Waals surface area contributed by atoms with Gasteiger partial charge in [-0.15, -0.1) is 0 Å². The zero-order valence-corrected chi connectivity index (χ0v) is 18.7.